The Labute approximate surface area is 125 Å². The van der Waals surface area contributed by atoms with Crippen LogP contribution in [0.3, 0.4) is 0 Å². The summed E-state index contributed by atoms with van der Waals surface area (Å²) in [5.41, 5.74) is 2.82. The van der Waals surface area contributed by atoms with Gasteiger partial charge in [-0.25, -0.2) is 0 Å². The first kappa shape index (κ1) is 13.8. The maximum absolute atomic E-state index is 12.6. The van der Waals surface area contributed by atoms with Gasteiger partial charge in [-0.15, -0.1) is 0 Å². The number of nitrogens with one attached hydrogen (secondary N) is 2. The first-order valence-electron chi connectivity index (χ1n) is 7.50. The van der Waals surface area contributed by atoms with Crippen molar-refractivity contribution in [2.45, 2.75) is 18.9 Å². The van der Waals surface area contributed by atoms with E-state index in [0.29, 0.717) is 0 Å². The molecule has 0 bridgehead atoms. The number of hydrogen-bond donors (Lipinski definition) is 2. The van der Waals surface area contributed by atoms with E-state index in [1.807, 2.05) is 54.6 Å². The van der Waals surface area contributed by atoms with E-state index in [4.69, 9.17) is 0 Å². The summed E-state index contributed by atoms with van der Waals surface area (Å²) >= 11 is 0. The molecule has 1 fully saturated rings. The van der Waals surface area contributed by atoms with Gasteiger partial charge in [-0.3, -0.25) is 4.79 Å². The van der Waals surface area contributed by atoms with Gasteiger partial charge in [-0.1, -0.05) is 48.5 Å². The highest BCUT2D eigenvalue weighted by Crippen LogP contribution is 2.23. The highest BCUT2D eigenvalue weighted by atomic mass is 16.1. The Kier molecular flexibility index (Phi) is 4.31. The molecule has 0 unspecified atom stereocenters. The minimum atomic E-state index is 0.0290. The summed E-state index contributed by atoms with van der Waals surface area (Å²) in [7, 11) is 0. The molecule has 0 atom stereocenters. The Balaban J connectivity index is 1.83. The van der Waals surface area contributed by atoms with Gasteiger partial charge >= 0.3 is 0 Å². The van der Waals surface area contributed by atoms with Crippen molar-refractivity contribution in [3.05, 3.63) is 60.2 Å². The lowest BCUT2D eigenvalue weighted by molar-refractivity contribution is 0.0930. The minimum absolute atomic E-state index is 0.0290. The monoisotopic (exact) mass is 280 g/mol. The molecule has 3 nitrogen and oxygen atoms in total. The van der Waals surface area contributed by atoms with Gasteiger partial charge < -0.3 is 10.6 Å². The van der Waals surface area contributed by atoms with Crippen LogP contribution in [0.4, 0.5) is 0 Å². The molecule has 21 heavy (non-hydrogen) atoms. The maximum atomic E-state index is 12.6. The average molecular weight is 280 g/mol. The van der Waals surface area contributed by atoms with Crippen molar-refractivity contribution in [2.24, 2.45) is 0 Å². The molecule has 2 aromatic carbocycles. The van der Waals surface area contributed by atoms with Crippen LogP contribution in [0, 0.1) is 0 Å². The predicted octanol–water partition coefficient (Wildman–Crippen LogP) is 2.84. The Hall–Kier alpha value is -2.13. The molecule has 1 saturated heterocycles. The number of benzene rings is 2. The van der Waals surface area contributed by atoms with E-state index in [2.05, 4.69) is 10.6 Å². The highest BCUT2D eigenvalue weighted by molar-refractivity contribution is 6.01. The van der Waals surface area contributed by atoms with Gasteiger partial charge in [0.1, 0.15) is 0 Å². The first-order chi connectivity index (χ1) is 10.3. The van der Waals surface area contributed by atoms with Crippen molar-refractivity contribution in [3.8, 4) is 11.1 Å². The van der Waals surface area contributed by atoms with Crippen molar-refractivity contribution in [2.75, 3.05) is 13.1 Å². The molecule has 108 valence electrons. The summed E-state index contributed by atoms with van der Waals surface area (Å²) in [6.07, 6.45) is 2.00. The molecule has 1 heterocycles. The molecule has 1 aliphatic rings. The van der Waals surface area contributed by atoms with Crippen LogP contribution in [0.5, 0.6) is 0 Å². The molecule has 1 aliphatic heterocycles. The largest absolute Gasteiger partial charge is 0.349 e. The fourth-order valence-electron chi connectivity index (χ4n) is 2.78. The summed E-state index contributed by atoms with van der Waals surface area (Å²) in [5.74, 6) is 0.0290. The quantitative estimate of drug-likeness (QED) is 0.907. The Bertz CT molecular complexity index is 604. The Morgan fingerprint density at radius 3 is 2.38 bits per heavy atom. The van der Waals surface area contributed by atoms with Crippen LogP contribution in [0.25, 0.3) is 11.1 Å². The molecule has 0 spiro atoms. The van der Waals surface area contributed by atoms with Crippen LogP contribution < -0.4 is 10.6 Å². The molecule has 3 rings (SSSR count). The normalized spacial score (nSPS) is 15.6. The molecular formula is C18H20N2O. The van der Waals surface area contributed by atoms with E-state index in [1.54, 1.807) is 0 Å². The first-order valence-corrected chi connectivity index (χ1v) is 7.50. The van der Waals surface area contributed by atoms with Crippen molar-refractivity contribution in [3.63, 3.8) is 0 Å². The van der Waals surface area contributed by atoms with E-state index in [0.717, 1.165) is 42.6 Å². The average Bonchev–Trinajstić information content (AvgIpc) is 2.56. The van der Waals surface area contributed by atoms with Crippen LogP contribution in [0.1, 0.15) is 23.2 Å². The SMILES string of the molecule is O=C(NC1CCNCC1)c1ccccc1-c1ccccc1. The third-order valence-electron chi connectivity index (χ3n) is 3.93. The fraction of sp³-hybridized carbons (Fsp3) is 0.278. The van der Waals surface area contributed by atoms with Crippen LogP contribution in [0.2, 0.25) is 0 Å². The fourth-order valence-corrected chi connectivity index (χ4v) is 2.78. The lowest BCUT2D eigenvalue weighted by Crippen LogP contribution is -2.42. The van der Waals surface area contributed by atoms with E-state index in [1.165, 1.54) is 0 Å². The minimum Gasteiger partial charge on any atom is -0.349 e. The molecule has 0 aliphatic carbocycles. The topological polar surface area (TPSA) is 41.1 Å². The predicted molar refractivity (Wildman–Crippen MR) is 85.2 cm³/mol. The number of rotatable bonds is 3. The van der Waals surface area contributed by atoms with Gasteiger partial charge in [0.15, 0.2) is 0 Å². The summed E-state index contributed by atoms with van der Waals surface area (Å²) in [6, 6.07) is 18.1. The van der Waals surface area contributed by atoms with Gasteiger partial charge in [0.2, 0.25) is 0 Å². The number of carbonyl (C=O) groups is 1. The third kappa shape index (κ3) is 3.31. The second-order valence-corrected chi connectivity index (χ2v) is 5.41. The van der Waals surface area contributed by atoms with Crippen molar-refractivity contribution in [1.29, 1.82) is 0 Å². The molecular weight excluding hydrogens is 260 g/mol. The molecule has 0 radical (unpaired) electrons. The van der Waals surface area contributed by atoms with E-state index in [-0.39, 0.29) is 11.9 Å². The molecule has 2 aromatic rings. The van der Waals surface area contributed by atoms with Gasteiger partial charge in [0.05, 0.1) is 0 Å². The zero-order valence-corrected chi connectivity index (χ0v) is 12.0. The third-order valence-corrected chi connectivity index (χ3v) is 3.93. The van der Waals surface area contributed by atoms with E-state index in [9.17, 15) is 4.79 Å². The second kappa shape index (κ2) is 6.55. The highest BCUT2D eigenvalue weighted by Gasteiger charge is 2.18. The van der Waals surface area contributed by atoms with Crippen molar-refractivity contribution < 1.29 is 4.79 Å². The van der Waals surface area contributed by atoms with Gasteiger partial charge in [-0.05, 0) is 43.1 Å². The summed E-state index contributed by atoms with van der Waals surface area (Å²) in [5, 5.41) is 6.48. The Morgan fingerprint density at radius 1 is 0.952 bits per heavy atom. The molecule has 0 aromatic heterocycles. The van der Waals surface area contributed by atoms with Crippen LogP contribution >= 0.6 is 0 Å². The van der Waals surface area contributed by atoms with Gasteiger partial charge in [0.25, 0.3) is 5.91 Å². The number of carbonyl (C=O) groups excluding carboxylic acids is 1. The lowest BCUT2D eigenvalue weighted by Gasteiger charge is -2.24. The zero-order chi connectivity index (χ0) is 14.5. The molecule has 1 amide bonds. The van der Waals surface area contributed by atoms with Crippen molar-refractivity contribution >= 4 is 5.91 Å². The molecule has 0 saturated carbocycles. The van der Waals surface area contributed by atoms with Crippen LogP contribution in [-0.4, -0.2) is 25.0 Å². The Morgan fingerprint density at radius 2 is 1.62 bits per heavy atom. The van der Waals surface area contributed by atoms with Gasteiger partial charge in [-0.2, -0.15) is 0 Å². The van der Waals surface area contributed by atoms with E-state index >= 15 is 0 Å². The summed E-state index contributed by atoms with van der Waals surface area (Å²) < 4.78 is 0. The lowest BCUT2D eigenvalue weighted by atomic mass is 9.98. The molecule has 2 N–H and O–H groups in total. The summed E-state index contributed by atoms with van der Waals surface area (Å²) in [6.45, 7) is 1.95. The number of amides is 1. The number of piperidine rings is 1. The van der Waals surface area contributed by atoms with Gasteiger partial charge in [0, 0.05) is 11.6 Å². The number of hydrogen-bond acceptors (Lipinski definition) is 2. The maximum Gasteiger partial charge on any atom is 0.252 e. The standard InChI is InChI=1S/C18H20N2O/c21-18(20-15-10-12-19-13-11-15)17-9-5-4-8-16(17)14-6-2-1-3-7-14/h1-9,15,19H,10-13H2,(H,20,21). The smallest absolute Gasteiger partial charge is 0.252 e. The van der Waals surface area contributed by atoms with Crippen LogP contribution in [0.15, 0.2) is 54.6 Å². The molecule has 3 heteroatoms. The van der Waals surface area contributed by atoms with Crippen LogP contribution in [-0.2, 0) is 0 Å². The second-order valence-electron chi connectivity index (χ2n) is 5.41. The van der Waals surface area contributed by atoms with E-state index < -0.39 is 0 Å². The zero-order valence-electron chi connectivity index (χ0n) is 12.0. The summed E-state index contributed by atoms with van der Waals surface area (Å²) in [4.78, 5) is 12.6. The van der Waals surface area contributed by atoms with Crippen molar-refractivity contribution in [1.82, 2.24) is 10.6 Å².